The monoisotopic (exact) mass is 286 g/mol. The normalized spacial score (nSPS) is 19.5. The van der Waals surface area contributed by atoms with Crippen LogP contribution in [0.15, 0.2) is 22.7 Å². The second-order valence-corrected chi connectivity index (χ2v) is 5.58. The zero-order valence-corrected chi connectivity index (χ0v) is 10.8. The molecule has 88 valence electrons. The first kappa shape index (κ1) is 12.0. The summed E-state index contributed by atoms with van der Waals surface area (Å²) in [6, 6.07) is 5.34. The van der Waals surface area contributed by atoms with Gasteiger partial charge >= 0.3 is 0 Å². The quantitative estimate of drug-likeness (QED) is 0.660. The van der Waals surface area contributed by atoms with Crippen LogP contribution < -0.4 is 11.3 Å². The van der Waals surface area contributed by atoms with Crippen LogP contribution in [0.1, 0.15) is 25.3 Å². The van der Waals surface area contributed by atoms with E-state index in [1.54, 1.807) is 6.07 Å². The number of benzene rings is 1. The Hall–Kier alpha value is -0.450. The summed E-state index contributed by atoms with van der Waals surface area (Å²) < 4.78 is 13.9. The molecule has 16 heavy (non-hydrogen) atoms. The largest absolute Gasteiger partial charge is 0.271 e. The van der Waals surface area contributed by atoms with Crippen LogP contribution in [0.3, 0.4) is 0 Å². The second-order valence-electron chi connectivity index (χ2n) is 4.79. The standard InChI is InChI=1S/C12H16BrFN2/c1-12(5-6-12)10(16-15)7-8-3-2-4-9(14)11(8)13/h2-4,10,16H,5-7,15H2,1H3. The van der Waals surface area contributed by atoms with E-state index in [0.717, 1.165) is 12.0 Å². The number of hydrazine groups is 1. The van der Waals surface area contributed by atoms with E-state index in [-0.39, 0.29) is 17.3 Å². The molecule has 0 saturated heterocycles. The number of hydrogen-bond donors (Lipinski definition) is 2. The lowest BCUT2D eigenvalue weighted by Crippen LogP contribution is -2.42. The van der Waals surface area contributed by atoms with Crippen LogP contribution >= 0.6 is 15.9 Å². The molecule has 0 spiro atoms. The summed E-state index contributed by atoms with van der Waals surface area (Å²) in [5.41, 5.74) is 4.10. The zero-order valence-electron chi connectivity index (χ0n) is 9.26. The highest BCUT2D eigenvalue weighted by Gasteiger charge is 2.44. The molecule has 1 fully saturated rings. The number of nitrogens with two attached hydrogens (primary N) is 1. The highest BCUT2D eigenvalue weighted by molar-refractivity contribution is 9.10. The second kappa shape index (κ2) is 4.43. The van der Waals surface area contributed by atoms with E-state index in [4.69, 9.17) is 5.84 Å². The predicted octanol–water partition coefficient (Wildman–Crippen LogP) is 2.76. The number of hydrogen-bond acceptors (Lipinski definition) is 2. The number of rotatable bonds is 4. The molecule has 1 atom stereocenters. The molecular weight excluding hydrogens is 271 g/mol. The van der Waals surface area contributed by atoms with Gasteiger partial charge in [0.1, 0.15) is 5.82 Å². The molecule has 0 radical (unpaired) electrons. The van der Waals surface area contributed by atoms with Crippen LogP contribution in [-0.4, -0.2) is 6.04 Å². The van der Waals surface area contributed by atoms with Gasteiger partial charge in [0.25, 0.3) is 0 Å². The molecule has 2 rings (SSSR count). The molecule has 2 nitrogen and oxygen atoms in total. The third kappa shape index (κ3) is 2.29. The molecule has 0 bridgehead atoms. The Balaban J connectivity index is 2.16. The SMILES string of the molecule is CC1(C(Cc2cccc(F)c2Br)NN)CC1. The van der Waals surface area contributed by atoms with Gasteiger partial charge in [-0.1, -0.05) is 19.1 Å². The summed E-state index contributed by atoms with van der Waals surface area (Å²) in [6.45, 7) is 2.21. The third-order valence-corrected chi connectivity index (χ3v) is 4.42. The third-order valence-electron chi connectivity index (χ3n) is 3.54. The van der Waals surface area contributed by atoms with Crippen molar-refractivity contribution in [2.24, 2.45) is 11.3 Å². The van der Waals surface area contributed by atoms with E-state index in [2.05, 4.69) is 28.3 Å². The highest BCUT2D eigenvalue weighted by atomic mass is 79.9. The van der Waals surface area contributed by atoms with Gasteiger partial charge in [0, 0.05) is 6.04 Å². The summed E-state index contributed by atoms with van der Waals surface area (Å²) in [7, 11) is 0. The summed E-state index contributed by atoms with van der Waals surface area (Å²) in [4.78, 5) is 0. The maximum atomic E-state index is 13.3. The lowest BCUT2D eigenvalue weighted by Gasteiger charge is -2.23. The van der Waals surface area contributed by atoms with Crippen molar-refractivity contribution in [1.82, 2.24) is 5.43 Å². The maximum Gasteiger partial charge on any atom is 0.137 e. The van der Waals surface area contributed by atoms with Crippen LogP contribution in [0.4, 0.5) is 4.39 Å². The summed E-state index contributed by atoms with van der Waals surface area (Å²) in [5.74, 6) is 5.36. The minimum atomic E-state index is -0.214. The molecule has 0 aliphatic heterocycles. The van der Waals surface area contributed by atoms with Crippen LogP contribution in [0.5, 0.6) is 0 Å². The van der Waals surface area contributed by atoms with Crippen molar-refractivity contribution in [1.29, 1.82) is 0 Å². The van der Waals surface area contributed by atoms with Crippen LogP contribution in [0, 0.1) is 11.2 Å². The molecule has 1 aromatic rings. The van der Waals surface area contributed by atoms with Crippen molar-refractivity contribution in [2.45, 2.75) is 32.2 Å². The van der Waals surface area contributed by atoms with Crippen molar-refractivity contribution >= 4 is 15.9 Å². The molecule has 1 unspecified atom stereocenters. The van der Waals surface area contributed by atoms with Crippen LogP contribution in [-0.2, 0) is 6.42 Å². The lowest BCUT2D eigenvalue weighted by molar-refractivity contribution is 0.358. The number of halogens is 2. The zero-order chi connectivity index (χ0) is 11.8. The van der Waals surface area contributed by atoms with Gasteiger partial charge in [0.15, 0.2) is 0 Å². The summed E-state index contributed by atoms with van der Waals surface area (Å²) >= 11 is 3.28. The van der Waals surface area contributed by atoms with Crippen molar-refractivity contribution in [3.05, 3.63) is 34.1 Å². The van der Waals surface area contributed by atoms with Gasteiger partial charge in [0.05, 0.1) is 4.47 Å². The van der Waals surface area contributed by atoms with Gasteiger partial charge in [-0.25, -0.2) is 4.39 Å². The molecule has 1 aliphatic carbocycles. The predicted molar refractivity (Wildman–Crippen MR) is 66.3 cm³/mol. The molecule has 0 aromatic heterocycles. The average Bonchev–Trinajstić information content (AvgIpc) is 3.00. The Morgan fingerprint density at radius 1 is 1.56 bits per heavy atom. The van der Waals surface area contributed by atoms with Gasteiger partial charge in [-0.2, -0.15) is 0 Å². The van der Waals surface area contributed by atoms with E-state index >= 15 is 0 Å². The molecule has 1 aromatic carbocycles. The fraction of sp³-hybridized carbons (Fsp3) is 0.500. The molecule has 4 heteroatoms. The minimum absolute atomic E-state index is 0.214. The smallest absolute Gasteiger partial charge is 0.137 e. The summed E-state index contributed by atoms with van der Waals surface area (Å²) in [6.07, 6.45) is 3.13. The Morgan fingerprint density at radius 2 is 2.25 bits per heavy atom. The highest BCUT2D eigenvalue weighted by Crippen LogP contribution is 2.49. The fourth-order valence-electron chi connectivity index (χ4n) is 1.98. The van der Waals surface area contributed by atoms with Gasteiger partial charge in [0.2, 0.25) is 0 Å². The van der Waals surface area contributed by atoms with Gasteiger partial charge in [-0.05, 0) is 52.2 Å². The van der Waals surface area contributed by atoms with Crippen molar-refractivity contribution in [3.63, 3.8) is 0 Å². The Labute approximate surface area is 104 Å². The van der Waals surface area contributed by atoms with Crippen molar-refractivity contribution < 1.29 is 4.39 Å². The van der Waals surface area contributed by atoms with E-state index in [1.807, 2.05) is 6.07 Å². The molecule has 0 amide bonds. The minimum Gasteiger partial charge on any atom is -0.271 e. The Kier molecular flexibility index (Phi) is 3.33. The first-order valence-electron chi connectivity index (χ1n) is 5.46. The first-order chi connectivity index (χ1) is 7.57. The molecule has 3 N–H and O–H groups in total. The van der Waals surface area contributed by atoms with E-state index in [0.29, 0.717) is 4.47 Å². The molecule has 0 heterocycles. The van der Waals surface area contributed by atoms with Gasteiger partial charge < -0.3 is 0 Å². The molecule has 1 aliphatic rings. The van der Waals surface area contributed by atoms with Crippen molar-refractivity contribution in [3.8, 4) is 0 Å². The maximum absolute atomic E-state index is 13.3. The van der Waals surface area contributed by atoms with Gasteiger partial charge in [-0.3, -0.25) is 11.3 Å². The Morgan fingerprint density at radius 3 is 2.81 bits per heavy atom. The average molecular weight is 287 g/mol. The fourth-order valence-corrected chi connectivity index (χ4v) is 2.40. The molecular formula is C12H16BrFN2. The molecule has 1 saturated carbocycles. The van der Waals surface area contributed by atoms with E-state index in [1.165, 1.54) is 18.9 Å². The summed E-state index contributed by atoms with van der Waals surface area (Å²) in [5, 5.41) is 0. The van der Waals surface area contributed by atoms with E-state index in [9.17, 15) is 4.39 Å². The van der Waals surface area contributed by atoms with Crippen molar-refractivity contribution in [2.75, 3.05) is 0 Å². The first-order valence-corrected chi connectivity index (χ1v) is 6.25. The lowest BCUT2D eigenvalue weighted by atomic mass is 9.93. The Bertz CT molecular complexity index is 391. The van der Waals surface area contributed by atoms with E-state index < -0.39 is 0 Å². The topological polar surface area (TPSA) is 38.0 Å². The van der Waals surface area contributed by atoms with Crippen LogP contribution in [0.25, 0.3) is 0 Å². The number of nitrogens with one attached hydrogen (secondary N) is 1. The van der Waals surface area contributed by atoms with Crippen LogP contribution in [0.2, 0.25) is 0 Å². The van der Waals surface area contributed by atoms with Gasteiger partial charge in [-0.15, -0.1) is 0 Å².